The molecule has 0 radical (unpaired) electrons. The lowest BCUT2D eigenvalue weighted by molar-refractivity contribution is -0.138. The predicted octanol–water partition coefficient (Wildman–Crippen LogP) is 3.92. The Morgan fingerprint density at radius 3 is 2.48 bits per heavy atom. The molecule has 0 aliphatic rings. The van der Waals surface area contributed by atoms with Crippen LogP contribution in [0.1, 0.15) is 11.1 Å². The van der Waals surface area contributed by atoms with Gasteiger partial charge in [0.15, 0.2) is 0 Å². The van der Waals surface area contributed by atoms with E-state index in [-0.39, 0.29) is 16.7 Å². The van der Waals surface area contributed by atoms with Crippen molar-refractivity contribution >= 4 is 17.6 Å². The first-order valence-corrected chi connectivity index (χ1v) is 6.40. The largest absolute Gasteiger partial charge is 0.480 e. The maximum atomic E-state index is 14.2. The fourth-order valence-corrected chi connectivity index (χ4v) is 2.31. The molecule has 0 unspecified atom stereocenters. The van der Waals surface area contributed by atoms with E-state index in [4.69, 9.17) is 22.0 Å². The van der Waals surface area contributed by atoms with Gasteiger partial charge in [-0.1, -0.05) is 17.7 Å². The first-order valence-electron chi connectivity index (χ1n) is 6.02. The Morgan fingerprint density at radius 2 is 1.96 bits per heavy atom. The van der Waals surface area contributed by atoms with E-state index in [0.717, 1.165) is 23.0 Å². The minimum atomic E-state index is -4.82. The van der Waals surface area contributed by atoms with Gasteiger partial charge in [0.1, 0.15) is 18.4 Å². The van der Waals surface area contributed by atoms with Gasteiger partial charge in [0.2, 0.25) is 0 Å². The summed E-state index contributed by atoms with van der Waals surface area (Å²) < 4.78 is 53.4. The van der Waals surface area contributed by atoms with Gasteiger partial charge >= 0.3 is 12.1 Å². The van der Waals surface area contributed by atoms with E-state index in [1.807, 2.05) is 0 Å². The van der Waals surface area contributed by atoms with Crippen molar-refractivity contribution in [1.82, 2.24) is 4.57 Å². The van der Waals surface area contributed by atoms with Crippen LogP contribution < -0.4 is 0 Å². The number of aromatic nitrogens is 1. The molecule has 9 heteroatoms. The average molecular weight is 347 g/mol. The second-order valence-corrected chi connectivity index (χ2v) is 4.93. The fourth-order valence-electron chi connectivity index (χ4n) is 2.04. The number of carbonyl (C=O) groups is 1. The number of rotatable bonds is 3. The van der Waals surface area contributed by atoms with Crippen molar-refractivity contribution in [3.05, 3.63) is 46.5 Å². The van der Waals surface area contributed by atoms with E-state index >= 15 is 0 Å². The molecule has 1 heterocycles. The molecular formula is C14H7ClF4N2O2. The molecule has 0 aliphatic heterocycles. The second-order valence-electron chi connectivity index (χ2n) is 4.55. The molecule has 0 saturated carbocycles. The molecule has 1 aromatic carbocycles. The van der Waals surface area contributed by atoms with E-state index < -0.39 is 35.1 Å². The number of hydrogen-bond acceptors (Lipinski definition) is 2. The summed E-state index contributed by atoms with van der Waals surface area (Å²) in [5, 5.41) is 16.6. The molecule has 23 heavy (non-hydrogen) atoms. The normalized spacial score (nSPS) is 11.3. The van der Waals surface area contributed by atoms with Crippen LogP contribution in [-0.2, 0) is 17.5 Å². The third kappa shape index (κ3) is 3.29. The van der Waals surface area contributed by atoms with Crippen molar-refractivity contribution in [2.75, 3.05) is 0 Å². The highest BCUT2D eigenvalue weighted by Crippen LogP contribution is 2.39. The first-order chi connectivity index (χ1) is 10.6. The minimum absolute atomic E-state index is 0.0399. The monoisotopic (exact) mass is 346 g/mol. The molecule has 2 aromatic rings. The Bertz CT molecular complexity index is 821. The number of benzene rings is 1. The van der Waals surface area contributed by atoms with Crippen LogP contribution in [0, 0.1) is 17.1 Å². The summed E-state index contributed by atoms with van der Waals surface area (Å²) in [5.74, 6) is -2.52. The first kappa shape index (κ1) is 16.8. The molecule has 0 amide bonds. The Hall–Kier alpha value is -2.53. The quantitative estimate of drug-likeness (QED) is 0.856. The Balaban J connectivity index is 2.60. The summed E-state index contributed by atoms with van der Waals surface area (Å²) in [6, 6.07) is 3.19. The smallest absolute Gasteiger partial charge is 0.417 e. The average Bonchev–Trinajstić information content (AvgIpc) is 2.82. The highest BCUT2D eigenvalue weighted by atomic mass is 35.5. The molecule has 4 nitrogen and oxygen atoms in total. The molecular weight excluding hydrogens is 340 g/mol. The SMILES string of the molecule is N#Cc1cn(CC(=O)O)cc1-c1ccc(C(F)(F)F)c(Cl)c1F. The molecule has 0 aliphatic carbocycles. The van der Waals surface area contributed by atoms with E-state index in [1.54, 1.807) is 6.07 Å². The van der Waals surface area contributed by atoms with Gasteiger partial charge in [0.05, 0.1) is 16.1 Å². The number of aliphatic carboxylic acids is 1. The number of halogens is 5. The maximum Gasteiger partial charge on any atom is 0.417 e. The van der Waals surface area contributed by atoms with Gasteiger partial charge in [-0.05, 0) is 6.07 Å². The second kappa shape index (κ2) is 5.93. The van der Waals surface area contributed by atoms with Crippen LogP contribution in [0.2, 0.25) is 5.02 Å². The van der Waals surface area contributed by atoms with Crippen LogP contribution in [0.5, 0.6) is 0 Å². The van der Waals surface area contributed by atoms with Crippen LogP contribution in [0.15, 0.2) is 24.5 Å². The standard InChI is InChI=1S/C14H7ClF4N2O2/c15-12-10(14(17,18)19)2-1-8(13(12)16)9-5-21(6-11(22)23)4-7(9)3-20/h1-2,4-5H,6H2,(H,22,23). The van der Waals surface area contributed by atoms with Gasteiger partial charge in [0, 0.05) is 23.5 Å². The summed E-state index contributed by atoms with van der Waals surface area (Å²) in [6.45, 7) is -0.481. The van der Waals surface area contributed by atoms with E-state index in [0.29, 0.717) is 6.07 Å². The molecule has 1 aromatic heterocycles. The summed E-state index contributed by atoms with van der Waals surface area (Å²) >= 11 is 5.44. The Morgan fingerprint density at radius 1 is 1.30 bits per heavy atom. The molecule has 2 rings (SSSR count). The van der Waals surface area contributed by atoms with Gasteiger partial charge < -0.3 is 9.67 Å². The van der Waals surface area contributed by atoms with Crippen molar-refractivity contribution in [3.8, 4) is 17.2 Å². The van der Waals surface area contributed by atoms with Crippen molar-refractivity contribution < 1.29 is 27.5 Å². The zero-order valence-electron chi connectivity index (χ0n) is 11.2. The van der Waals surface area contributed by atoms with Gasteiger partial charge in [-0.2, -0.15) is 18.4 Å². The number of nitrogens with zero attached hydrogens (tertiary/aromatic N) is 2. The fraction of sp³-hybridized carbons (Fsp3) is 0.143. The van der Waals surface area contributed by atoms with Crippen LogP contribution >= 0.6 is 11.6 Å². The number of carboxylic acids is 1. The van der Waals surface area contributed by atoms with Gasteiger partial charge in [0.25, 0.3) is 0 Å². The van der Waals surface area contributed by atoms with E-state index in [1.165, 1.54) is 0 Å². The lowest BCUT2D eigenvalue weighted by Gasteiger charge is -2.11. The Labute approximate surface area is 132 Å². The molecule has 0 atom stereocenters. The third-order valence-electron chi connectivity index (χ3n) is 3.00. The summed E-state index contributed by atoms with van der Waals surface area (Å²) in [7, 11) is 0. The highest BCUT2D eigenvalue weighted by Gasteiger charge is 2.35. The number of nitriles is 1. The van der Waals surface area contributed by atoms with Crippen molar-refractivity contribution in [1.29, 1.82) is 5.26 Å². The Kier molecular flexibility index (Phi) is 4.34. The van der Waals surface area contributed by atoms with Crippen LogP contribution in [0.3, 0.4) is 0 Å². The van der Waals surface area contributed by atoms with Crippen molar-refractivity contribution in [2.24, 2.45) is 0 Å². The zero-order valence-corrected chi connectivity index (χ0v) is 11.9. The van der Waals surface area contributed by atoms with Crippen LogP contribution in [-0.4, -0.2) is 15.6 Å². The molecule has 0 spiro atoms. The van der Waals surface area contributed by atoms with E-state index in [9.17, 15) is 22.4 Å². The molecule has 1 N–H and O–H groups in total. The van der Waals surface area contributed by atoms with Gasteiger partial charge in [-0.3, -0.25) is 4.79 Å². The van der Waals surface area contributed by atoms with Gasteiger partial charge in [-0.15, -0.1) is 0 Å². The van der Waals surface area contributed by atoms with Crippen molar-refractivity contribution in [2.45, 2.75) is 12.7 Å². The third-order valence-corrected chi connectivity index (χ3v) is 3.37. The highest BCUT2D eigenvalue weighted by molar-refractivity contribution is 6.32. The minimum Gasteiger partial charge on any atom is -0.480 e. The topological polar surface area (TPSA) is 66.0 Å². The number of hydrogen-bond donors (Lipinski definition) is 1. The zero-order chi connectivity index (χ0) is 17.4. The number of carboxylic acid groups (broad SMARTS) is 1. The maximum absolute atomic E-state index is 14.2. The summed E-state index contributed by atoms with van der Waals surface area (Å²) in [4.78, 5) is 10.7. The molecule has 0 saturated heterocycles. The van der Waals surface area contributed by atoms with Crippen molar-refractivity contribution in [3.63, 3.8) is 0 Å². The summed E-state index contributed by atoms with van der Waals surface area (Å²) in [6.07, 6.45) is -2.49. The van der Waals surface area contributed by atoms with Crippen LogP contribution in [0.4, 0.5) is 17.6 Å². The lowest BCUT2D eigenvalue weighted by Crippen LogP contribution is -2.07. The predicted molar refractivity (Wildman–Crippen MR) is 72.2 cm³/mol. The lowest BCUT2D eigenvalue weighted by atomic mass is 10.0. The van der Waals surface area contributed by atoms with E-state index in [2.05, 4.69) is 0 Å². The molecule has 0 bridgehead atoms. The molecule has 120 valence electrons. The van der Waals surface area contributed by atoms with Gasteiger partial charge in [-0.25, -0.2) is 4.39 Å². The van der Waals surface area contributed by atoms with Crippen LogP contribution in [0.25, 0.3) is 11.1 Å². The number of alkyl halides is 3. The summed E-state index contributed by atoms with van der Waals surface area (Å²) in [5.41, 5.74) is -1.77. The molecule has 0 fully saturated rings.